The molecule has 0 radical (unpaired) electrons. The van der Waals surface area contributed by atoms with E-state index in [1.54, 1.807) is 25.4 Å². The van der Waals surface area contributed by atoms with Crippen LogP contribution in [0.25, 0.3) is 33.6 Å². The van der Waals surface area contributed by atoms with E-state index in [0.29, 0.717) is 93.4 Å². The molecule has 242 valence electrons. The number of benzene rings is 2. The molecule has 0 spiro atoms. The first-order chi connectivity index (χ1) is 22.3. The van der Waals surface area contributed by atoms with Crippen molar-refractivity contribution in [2.24, 2.45) is 0 Å². The molecule has 2 aromatic carbocycles. The Kier molecular flexibility index (Phi) is 11.4. The van der Waals surface area contributed by atoms with E-state index in [1.165, 1.54) is 13.2 Å². The molecule has 0 saturated carbocycles. The van der Waals surface area contributed by atoms with Crippen molar-refractivity contribution >= 4 is 29.1 Å². The molecule has 5 rings (SSSR count). The Labute approximate surface area is 276 Å². The van der Waals surface area contributed by atoms with Crippen LogP contribution in [0.3, 0.4) is 0 Å². The van der Waals surface area contributed by atoms with Crippen LogP contribution in [0, 0.1) is 5.82 Å². The van der Waals surface area contributed by atoms with Crippen LogP contribution >= 0.6 is 23.2 Å². The van der Waals surface area contributed by atoms with Gasteiger partial charge in [0.15, 0.2) is 0 Å². The highest BCUT2D eigenvalue weighted by Gasteiger charge is 2.22. The van der Waals surface area contributed by atoms with Gasteiger partial charge in [-0.1, -0.05) is 47.5 Å². The Bertz CT molecular complexity index is 1710. The molecule has 1 amide bonds. The Balaban J connectivity index is 1.41. The zero-order valence-electron chi connectivity index (χ0n) is 25.6. The average molecular weight is 671 g/mol. The summed E-state index contributed by atoms with van der Waals surface area (Å²) in [6.07, 6.45) is 3.31. The second-order valence-electron chi connectivity index (χ2n) is 10.8. The smallest absolute Gasteiger partial charge is 0.220 e. The van der Waals surface area contributed by atoms with Gasteiger partial charge in [-0.2, -0.15) is 0 Å². The van der Waals surface area contributed by atoms with Crippen LogP contribution in [-0.4, -0.2) is 55.9 Å². The maximum atomic E-state index is 15.3. The molecule has 0 unspecified atom stereocenters. The lowest BCUT2D eigenvalue weighted by Crippen LogP contribution is -2.35. The molecule has 4 aromatic rings. The lowest BCUT2D eigenvalue weighted by Gasteiger charge is -2.16. The largest absolute Gasteiger partial charge is 0.496 e. The van der Waals surface area contributed by atoms with Crippen molar-refractivity contribution < 1.29 is 23.0 Å². The highest BCUT2D eigenvalue weighted by Crippen LogP contribution is 2.42. The van der Waals surface area contributed by atoms with Gasteiger partial charge < -0.3 is 25.4 Å². The van der Waals surface area contributed by atoms with Crippen molar-refractivity contribution in [1.29, 1.82) is 0 Å². The number of ether oxygens (including phenoxy) is 2. The van der Waals surface area contributed by atoms with Gasteiger partial charge in [-0.3, -0.25) is 14.2 Å². The number of carbonyl (C=O) groups excluding carboxylic acids is 1. The Hall–Kier alpha value is -3.83. The molecular weight excluding hydrogens is 635 g/mol. The third-order valence-corrected chi connectivity index (χ3v) is 8.60. The van der Waals surface area contributed by atoms with Gasteiger partial charge in [0.05, 0.1) is 42.3 Å². The number of rotatable bonds is 14. The molecule has 1 atom stereocenters. The normalized spacial score (nSPS) is 14.4. The van der Waals surface area contributed by atoms with Gasteiger partial charge in [0, 0.05) is 71.7 Å². The van der Waals surface area contributed by atoms with E-state index < -0.39 is 12.5 Å². The fourth-order valence-corrected chi connectivity index (χ4v) is 6.09. The third-order valence-electron chi connectivity index (χ3n) is 7.81. The van der Waals surface area contributed by atoms with Gasteiger partial charge in [0.1, 0.15) is 11.6 Å². The molecule has 1 aliphatic rings. The van der Waals surface area contributed by atoms with Gasteiger partial charge >= 0.3 is 0 Å². The molecule has 1 saturated heterocycles. The quantitative estimate of drug-likeness (QED) is 0.128. The van der Waals surface area contributed by atoms with Crippen LogP contribution in [0.1, 0.15) is 30.4 Å². The molecule has 0 aliphatic carbocycles. The minimum Gasteiger partial charge on any atom is -0.496 e. The van der Waals surface area contributed by atoms with E-state index >= 15 is 4.39 Å². The number of alkyl halides is 1. The molecule has 1 fully saturated rings. The number of carbonyl (C=O) groups is 1. The van der Waals surface area contributed by atoms with Gasteiger partial charge in [-0.15, -0.1) is 0 Å². The lowest BCUT2D eigenvalue weighted by atomic mass is 9.99. The molecule has 46 heavy (non-hydrogen) atoms. The van der Waals surface area contributed by atoms with Crippen molar-refractivity contribution in [3.8, 4) is 45.3 Å². The summed E-state index contributed by atoms with van der Waals surface area (Å²) >= 11 is 13.9. The van der Waals surface area contributed by atoms with E-state index in [1.807, 2.05) is 30.3 Å². The van der Waals surface area contributed by atoms with E-state index in [0.717, 1.165) is 12.0 Å². The number of nitrogens with zero attached hydrogens (tertiary/aromatic N) is 2. The maximum Gasteiger partial charge on any atom is 0.220 e. The van der Waals surface area contributed by atoms with Crippen LogP contribution in [0.15, 0.2) is 54.7 Å². The summed E-state index contributed by atoms with van der Waals surface area (Å²) in [6.45, 7) is 1.34. The standard InChI is InChI=1S/C34H35Cl2F2N5O3/c1-45-29-16-21(15-27(38)26(29)19-39-13-4-12-37)33-32(36)24(11-14-41-33)23-5-3-6-25(31(23)35)28-9-7-20(34(43-28)46-2)17-40-18-22-8-10-30(44)42-22/h3,5-7,9,11,14-16,22,39-40H,4,8,10,12-13,17-19H2,1-2H3,(H,42,44)/t22-/m1/s1. The van der Waals surface area contributed by atoms with Crippen LogP contribution < -0.4 is 25.4 Å². The number of amides is 1. The van der Waals surface area contributed by atoms with Crippen LogP contribution in [0.4, 0.5) is 8.78 Å². The summed E-state index contributed by atoms with van der Waals surface area (Å²) in [4.78, 5) is 20.7. The SMILES string of the molecule is COc1cc(-c2nccc(-c3cccc(-c4ccc(CNC[C@H]5CCC(=O)N5)c(OC)n4)c3Cl)c2Cl)cc(F)c1CNCCCF. The highest BCUT2D eigenvalue weighted by atomic mass is 35.5. The minimum atomic E-state index is -0.491. The van der Waals surface area contributed by atoms with Gasteiger partial charge in [0.2, 0.25) is 11.8 Å². The zero-order valence-corrected chi connectivity index (χ0v) is 27.1. The average Bonchev–Trinajstić information content (AvgIpc) is 3.48. The Morgan fingerprint density at radius 3 is 2.54 bits per heavy atom. The molecule has 3 heterocycles. The Morgan fingerprint density at radius 1 is 1.00 bits per heavy atom. The number of methoxy groups -OCH3 is 2. The molecule has 1 aliphatic heterocycles. The van der Waals surface area contributed by atoms with Crippen molar-refractivity contribution in [2.45, 2.75) is 38.4 Å². The fraction of sp³-hybridized carbons (Fsp3) is 0.324. The van der Waals surface area contributed by atoms with E-state index in [2.05, 4.69) is 20.9 Å². The number of pyridine rings is 2. The second-order valence-corrected chi connectivity index (χ2v) is 11.6. The number of hydrogen-bond donors (Lipinski definition) is 3. The van der Waals surface area contributed by atoms with Crippen LogP contribution in [0.5, 0.6) is 11.6 Å². The molecular formula is C34H35Cl2F2N5O3. The van der Waals surface area contributed by atoms with Crippen LogP contribution in [-0.2, 0) is 17.9 Å². The maximum absolute atomic E-state index is 15.3. The van der Waals surface area contributed by atoms with Crippen LogP contribution in [0.2, 0.25) is 10.0 Å². The molecule has 3 N–H and O–H groups in total. The van der Waals surface area contributed by atoms with Gasteiger partial charge in [-0.05, 0) is 43.7 Å². The first-order valence-electron chi connectivity index (χ1n) is 15.0. The van der Waals surface area contributed by atoms with E-state index in [9.17, 15) is 9.18 Å². The first kappa shape index (κ1) is 33.5. The summed E-state index contributed by atoms with van der Waals surface area (Å²) in [5.41, 5.74) is 4.56. The summed E-state index contributed by atoms with van der Waals surface area (Å²) < 4.78 is 38.8. The predicted octanol–water partition coefficient (Wildman–Crippen LogP) is 6.76. The monoisotopic (exact) mass is 669 g/mol. The molecule has 8 nitrogen and oxygen atoms in total. The van der Waals surface area contributed by atoms with Gasteiger partial charge in [0.25, 0.3) is 0 Å². The van der Waals surface area contributed by atoms with Crippen molar-refractivity contribution in [2.75, 3.05) is 34.0 Å². The molecule has 12 heteroatoms. The Morgan fingerprint density at radius 2 is 1.80 bits per heavy atom. The van der Waals surface area contributed by atoms with Crippen molar-refractivity contribution in [1.82, 2.24) is 25.9 Å². The van der Waals surface area contributed by atoms with Gasteiger partial charge in [-0.25, -0.2) is 9.37 Å². The lowest BCUT2D eigenvalue weighted by molar-refractivity contribution is -0.119. The van der Waals surface area contributed by atoms with E-state index in [4.69, 9.17) is 37.7 Å². The molecule has 2 aromatic heterocycles. The highest BCUT2D eigenvalue weighted by molar-refractivity contribution is 6.39. The fourth-order valence-electron chi connectivity index (χ4n) is 5.44. The predicted molar refractivity (Wildman–Crippen MR) is 177 cm³/mol. The summed E-state index contributed by atoms with van der Waals surface area (Å²) in [6, 6.07) is 14.3. The minimum absolute atomic E-state index is 0.0817. The third kappa shape index (κ3) is 7.58. The molecule has 0 bridgehead atoms. The number of halogens is 4. The number of aromatic nitrogens is 2. The first-order valence-corrected chi connectivity index (χ1v) is 15.7. The topological polar surface area (TPSA) is 97.4 Å². The second kappa shape index (κ2) is 15.6. The van der Waals surface area contributed by atoms with Crippen molar-refractivity contribution in [3.05, 3.63) is 81.7 Å². The number of nitrogens with one attached hydrogen (secondary N) is 3. The summed E-state index contributed by atoms with van der Waals surface area (Å²) in [5.74, 6) is 0.380. The van der Waals surface area contributed by atoms with E-state index in [-0.39, 0.29) is 18.5 Å². The number of hydrogen-bond acceptors (Lipinski definition) is 7. The van der Waals surface area contributed by atoms with Crippen molar-refractivity contribution in [3.63, 3.8) is 0 Å². The summed E-state index contributed by atoms with van der Waals surface area (Å²) in [5, 5.41) is 10.1. The zero-order chi connectivity index (χ0) is 32.6. The summed E-state index contributed by atoms with van der Waals surface area (Å²) in [7, 11) is 3.03.